The highest BCUT2D eigenvalue weighted by atomic mass is 35.5. The van der Waals surface area contributed by atoms with E-state index in [2.05, 4.69) is 9.71 Å². The molecule has 0 fully saturated rings. The maximum atomic E-state index is 12.3. The summed E-state index contributed by atoms with van der Waals surface area (Å²) in [5.41, 5.74) is 1.14. The van der Waals surface area contributed by atoms with E-state index in [9.17, 15) is 8.42 Å². The normalized spacial score (nSPS) is 11.2. The van der Waals surface area contributed by atoms with Gasteiger partial charge in [0.25, 0.3) is 10.0 Å². The summed E-state index contributed by atoms with van der Waals surface area (Å²) in [6.07, 6.45) is 2.62. The molecule has 0 saturated heterocycles. The van der Waals surface area contributed by atoms with Gasteiger partial charge in [0.1, 0.15) is 4.90 Å². The molecule has 0 aliphatic carbocycles. The molecule has 5 nitrogen and oxygen atoms in total. The fourth-order valence-corrected chi connectivity index (χ4v) is 3.53. The molecule has 0 aliphatic heterocycles. The Morgan fingerprint density at radius 3 is 2.43 bits per heavy atom. The molecular weight excluding hydrogens is 333 g/mol. The molecule has 1 heterocycles. The lowest BCUT2D eigenvalue weighted by molar-refractivity contribution is 0.601. The van der Waals surface area contributed by atoms with E-state index in [1.807, 2.05) is 19.0 Å². The molecule has 0 radical (unpaired) electrons. The molecule has 112 valence electrons. The van der Waals surface area contributed by atoms with Crippen molar-refractivity contribution in [3.63, 3.8) is 0 Å². The third-order valence-corrected chi connectivity index (χ3v) is 4.86. The fourth-order valence-electron chi connectivity index (χ4n) is 1.70. The quantitative estimate of drug-likeness (QED) is 0.923. The van der Waals surface area contributed by atoms with Gasteiger partial charge in [-0.3, -0.25) is 9.71 Å². The largest absolute Gasteiger partial charge is 0.376 e. The van der Waals surface area contributed by atoms with Crippen LogP contribution in [0.15, 0.2) is 41.6 Å². The molecule has 0 spiro atoms. The predicted molar refractivity (Wildman–Crippen MR) is 85.8 cm³/mol. The number of pyridine rings is 1. The molecule has 8 heteroatoms. The van der Waals surface area contributed by atoms with Crippen molar-refractivity contribution < 1.29 is 8.42 Å². The Balaban J connectivity index is 2.34. The zero-order valence-electron chi connectivity index (χ0n) is 11.3. The second-order valence-corrected chi connectivity index (χ2v) is 6.94. The summed E-state index contributed by atoms with van der Waals surface area (Å²) in [6.45, 7) is 0. The molecule has 0 aliphatic rings. The van der Waals surface area contributed by atoms with Gasteiger partial charge >= 0.3 is 0 Å². The van der Waals surface area contributed by atoms with Crippen LogP contribution < -0.4 is 9.62 Å². The second kappa shape index (κ2) is 6.09. The minimum absolute atomic E-state index is 0.0838. The Morgan fingerprint density at radius 1 is 1.14 bits per heavy atom. The maximum Gasteiger partial charge on any atom is 0.264 e. The first-order valence-corrected chi connectivity index (χ1v) is 8.14. The molecule has 1 aromatic carbocycles. The van der Waals surface area contributed by atoms with Gasteiger partial charge in [0.2, 0.25) is 0 Å². The molecule has 0 saturated carbocycles. The molecule has 21 heavy (non-hydrogen) atoms. The molecule has 1 N–H and O–H groups in total. The summed E-state index contributed by atoms with van der Waals surface area (Å²) >= 11 is 12.0. The van der Waals surface area contributed by atoms with Crippen LogP contribution in [0.2, 0.25) is 10.0 Å². The van der Waals surface area contributed by atoms with Gasteiger partial charge in [0.05, 0.1) is 21.4 Å². The van der Waals surface area contributed by atoms with Crippen LogP contribution in [0.3, 0.4) is 0 Å². The molecule has 2 rings (SSSR count). The third kappa shape index (κ3) is 3.58. The highest BCUT2D eigenvalue weighted by molar-refractivity contribution is 7.92. The summed E-state index contributed by atoms with van der Waals surface area (Å²) in [6, 6.07) is 6.31. The lowest BCUT2D eigenvalue weighted by Crippen LogP contribution is -2.14. The average molecular weight is 346 g/mol. The Hall–Kier alpha value is -1.50. The van der Waals surface area contributed by atoms with Gasteiger partial charge in [-0.05, 0) is 24.3 Å². The van der Waals surface area contributed by atoms with Crippen LogP contribution in [0.25, 0.3) is 0 Å². The van der Waals surface area contributed by atoms with E-state index < -0.39 is 10.0 Å². The zero-order chi connectivity index (χ0) is 15.6. The van der Waals surface area contributed by atoms with Crippen LogP contribution in [0.4, 0.5) is 11.4 Å². The predicted octanol–water partition coefficient (Wildman–Crippen LogP) is 3.26. The number of benzene rings is 1. The Labute approximate surface area is 133 Å². The van der Waals surface area contributed by atoms with Crippen LogP contribution in [0.1, 0.15) is 0 Å². The molecule has 2 aromatic rings. The number of nitrogens with one attached hydrogen (secondary N) is 1. The van der Waals surface area contributed by atoms with Crippen molar-refractivity contribution in [2.24, 2.45) is 0 Å². The van der Waals surface area contributed by atoms with Gasteiger partial charge in [-0.15, -0.1) is 0 Å². The SMILES string of the molecule is CN(C)c1ccc(NS(=O)(=O)c2cnccc2Cl)cc1Cl. The summed E-state index contributed by atoms with van der Waals surface area (Å²) in [5.74, 6) is 0. The summed E-state index contributed by atoms with van der Waals surface area (Å²) < 4.78 is 27.0. The van der Waals surface area contributed by atoms with Crippen molar-refractivity contribution in [1.82, 2.24) is 4.98 Å². The monoisotopic (exact) mass is 345 g/mol. The van der Waals surface area contributed by atoms with Gasteiger partial charge in [-0.25, -0.2) is 8.42 Å². The number of nitrogens with zero attached hydrogens (tertiary/aromatic N) is 2. The topological polar surface area (TPSA) is 62.3 Å². The number of hydrogen-bond donors (Lipinski definition) is 1. The van der Waals surface area contributed by atoms with Gasteiger partial charge < -0.3 is 4.90 Å². The lowest BCUT2D eigenvalue weighted by atomic mass is 10.3. The zero-order valence-corrected chi connectivity index (χ0v) is 13.7. The summed E-state index contributed by atoms with van der Waals surface area (Å²) in [4.78, 5) is 5.52. The van der Waals surface area contributed by atoms with E-state index in [4.69, 9.17) is 23.2 Å². The number of aromatic nitrogens is 1. The molecular formula is C13H13Cl2N3O2S. The summed E-state index contributed by atoms with van der Waals surface area (Å²) in [7, 11) is -0.115. The minimum Gasteiger partial charge on any atom is -0.376 e. The van der Waals surface area contributed by atoms with Gasteiger partial charge in [0.15, 0.2) is 0 Å². The Bertz CT molecular complexity index is 764. The Morgan fingerprint density at radius 2 is 1.86 bits per heavy atom. The number of rotatable bonds is 4. The van der Waals surface area contributed by atoms with Crippen molar-refractivity contribution in [3.05, 3.63) is 46.7 Å². The highest BCUT2D eigenvalue weighted by Gasteiger charge is 2.18. The number of halogens is 2. The van der Waals surface area contributed by atoms with E-state index in [-0.39, 0.29) is 9.92 Å². The molecule has 0 bridgehead atoms. The molecule has 0 unspecified atom stereocenters. The molecule has 0 amide bonds. The number of anilines is 2. The third-order valence-electron chi connectivity index (χ3n) is 2.71. The van der Waals surface area contributed by atoms with E-state index in [0.717, 1.165) is 5.69 Å². The van der Waals surface area contributed by atoms with Gasteiger partial charge in [-0.1, -0.05) is 23.2 Å². The minimum atomic E-state index is -3.81. The van der Waals surface area contributed by atoms with Crippen LogP contribution in [-0.4, -0.2) is 27.5 Å². The maximum absolute atomic E-state index is 12.3. The van der Waals surface area contributed by atoms with Gasteiger partial charge in [0, 0.05) is 26.5 Å². The van der Waals surface area contributed by atoms with E-state index in [1.165, 1.54) is 18.5 Å². The molecule has 0 atom stereocenters. The standard InChI is InChI=1S/C13H13Cl2N3O2S/c1-18(2)12-4-3-9(7-11(12)15)17-21(19,20)13-8-16-6-5-10(13)14/h3-8,17H,1-2H3. The van der Waals surface area contributed by atoms with E-state index in [1.54, 1.807) is 18.2 Å². The lowest BCUT2D eigenvalue weighted by Gasteiger charge is -2.16. The summed E-state index contributed by atoms with van der Waals surface area (Å²) in [5, 5.41) is 0.547. The van der Waals surface area contributed by atoms with Crippen LogP contribution in [0, 0.1) is 0 Å². The number of hydrogen-bond acceptors (Lipinski definition) is 4. The van der Waals surface area contributed by atoms with E-state index >= 15 is 0 Å². The van der Waals surface area contributed by atoms with Crippen molar-refractivity contribution in [2.75, 3.05) is 23.7 Å². The van der Waals surface area contributed by atoms with Crippen molar-refractivity contribution in [2.45, 2.75) is 4.90 Å². The van der Waals surface area contributed by atoms with Crippen molar-refractivity contribution in [1.29, 1.82) is 0 Å². The molecule has 1 aromatic heterocycles. The average Bonchev–Trinajstić information content (AvgIpc) is 2.38. The van der Waals surface area contributed by atoms with Crippen molar-refractivity contribution in [3.8, 4) is 0 Å². The first-order valence-electron chi connectivity index (χ1n) is 5.90. The van der Waals surface area contributed by atoms with Crippen molar-refractivity contribution >= 4 is 44.6 Å². The van der Waals surface area contributed by atoms with Crippen LogP contribution >= 0.6 is 23.2 Å². The fraction of sp³-hybridized carbons (Fsp3) is 0.154. The van der Waals surface area contributed by atoms with E-state index in [0.29, 0.717) is 10.7 Å². The first-order chi connectivity index (χ1) is 9.81. The smallest absolute Gasteiger partial charge is 0.264 e. The van der Waals surface area contributed by atoms with Crippen LogP contribution in [-0.2, 0) is 10.0 Å². The van der Waals surface area contributed by atoms with Crippen LogP contribution in [0.5, 0.6) is 0 Å². The van der Waals surface area contributed by atoms with Gasteiger partial charge in [-0.2, -0.15) is 0 Å². The second-order valence-electron chi connectivity index (χ2n) is 4.47. The Kier molecular flexibility index (Phi) is 4.61. The first kappa shape index (κ1) is 15.9. The number of sulfonamides is 1. The highest BCUT2D eigenvalue weighted by Crippen LogP contribution is 2.29.